The summed E-state index contributed by atoms with van der Waals surface area (Å²) in [4.78, 5) is 31.9. The topological polar surface area (TPSA) is 61.9 Å². The van der Waals surface area contributed by atoms with E-state index in [4.69, 9.17) is 4.84 Å². The van der Waals surface area contributed by atoms with Gasteiger partial charge in [-0.1, -0.05) is 0 Å². The Balaban J connectivity index is 1.42. The summed E-state index contributed by atoms with van der Waals surface area (Å²) in [6.45, 7) is 0.888. The molecule has 2 saturated heterocycles. The Hall–Kier alpha value is -2.08. The molecule has 0 radical (unpaired) electrons. The zero-order chi connectivity index (χ0) is 18.3. The number of hydroxylamine groups is 2. The molecule has 2 atom stereocenters. The van der Waals surface area contributed by atoms with E-state index in [1.807, 2.05) is 0 Å². The maximum Gasteiger partial charge on any atom is 0.322 e. The predicted octanol–water partition coefficient (Wildman–Crippen LogP) is 3.36. The molecule has 4 fully saturated rings. The van der Waals surface area contributed by atoms with Gasteiger partial charge in [0.1, 0.15) is 0 Å². The monoisotopic (exact) mass is 357 g/mol. The van der Waals surface area contributed by atoms with Crippen LogP contribution in [0.2, 0.25) is 0 Å². The van der Waals surface area contributed by atoms with Gasteiger partial charge in [-0.2, -0.15) is 0 Å². The Morgan fingerprint density at radius 3 is 2.27 bits per heavy atom. The number of urea groups is 1. The van der Waals surface area contributed by atoms with E-state index in [1.54, 1.807) is 31.3 Å². The van der Waals surface area contributed by atoms with E-state index in [-0.39, 0.29) is 11.9 Å². The Labute approximate surface area is 154 Å². The van der Waals surface area contributed by atoms with Crippen molar-refractivity contribution >= 4 is 17.6 Å². The van der Waals surface area contributed by atoms with Gasteiger partial charge in [0.2, 0.25) is 0 Å². The Morgan fingerprint density at radius 2 is 1.65 bits per heavy atom. The molecule has 2 unspecified atom stereocenters. The van der Waals surface area contributed by atoms with Gasteiger partial charge in [0.25, 0.3) is 5.91 Å². The average molecular weight is 357 g/mol. The van der Waals surface area contributed by atoms with Crippen LogP contribution in [0.15, 0.2) is 24.3 Å². The molecule has 2 saturated carbocycles. The molecule has 6 heteroatoms. The average Bonchev–Trinajstić information content (AvgIpc) is 2.84. The number of nitrogens with zero attached hydrogens (tertiary/aromatic N) is 2. The highest BCUT2D eigenvalue weighted by molar-refractivity contribution is 5.95. The lowest BCUT2D eigenvalue weighted by Crippen LogP contribution is -2.44. The third-order valence-corrected chi connectivity index (χ3v) is 6.31. The quantitative estimate of drug-likeness (QED) is 0.844. The Bertz CT molecular complexity index is 676. The minimum absolute atomic E-state index is 0.00344. The SMILES string of the molecule is CON(C)C(=O)c1ccc(NC(=O)N2CC3CC4CC(C3)CC2C4)cc1. The fourth-order valence-corrected chi connectivity index (χ4v) is 5.19. The predicted molar refractivity (Wildman–Crippen MR) is 98.6 cm³/mol. The molecule has 26 heavy (non-hydrogen) atoms. The highest BCUT2D eigenvalue weighted by atomic mass is 16.7. The van der Waals surface area contributed by atoms with Gasteiger partial charge >= 0.3 is 6.03 Å². The molecule has 2 aliphatic carbocycles. The van der Waals surface area contributed by atoms with Crippen molar-refractivity contribution in [2.75, 3.05) is 26.0 Å². The van der Waals surface area contributed by atoms with E-state index < -0.39 is 0 Å². The van der Waals surface area contributed by atoms with E-state index in [0.717, 1.165) is 36.9 Å². The van der Waals surface area contributed by atoms with Gasteiger partial charge in [-0.25, -0.2) is 9.86 Å². The van der Waals surface area contributed by atoms with E-state index in [9.17, 15) is 9.59 Å². The smallest absolute Gasteiger partial charge is 0.321 e. The number of hydrogen-bond donors (Lipinski definition) is 1. The number of hydrogen-bond acceptors (Lipinski definition) is 3. The maximum atomic E-state index is 12.9. The molecule has 2 aliphatic heterocycles. The largest absolute Gasteiger partial charge is 0.322 e. The summed E-state index contributed by atoms with van der Waals surface area (Å²) in [5.41, 5.74) is 1.24. The molecule has 6 nitrogen and oxygen atoms in total. The Morgan fingerprint density at radius 1 is 1.04 bits per heavy atom. The van der Waals surface area contributed by atoms with Crippen LogP contribution >= 0.6 is 0 Å². The van der Waals surface area contributed by atoms with Gasteiger partial charge in [-0.3, -0.25) is 9.63 Å². The van der Waals surface area contributed by atoms with Gasteiger partial charge in [-0.05, 0) is 74.1 Å². The number of carbonyl (C=O) groups is 2. The van der Waals surface area contributed by atoms with Crippen LogP contribution in [0.4, 0.5) is 10.5 Å². The molecule has 2 heterocycles. The summed E-state index contributed by atoms with van der Waals surface area (Å²) >= 11 is 0. The lowest BCUT2D eigenvalue weighted by atomic mass is 9.68. The molecule has 0 aromatic heterocycles. The summed E-state index contributed by atoms with van der Waals surface area (Å²) < 4.78 is 0. The second-order valence-corrected chi connectivity index (χ2v) is 8.08. The molecule has 3 amide bonds. The second-order valence-electron chi connectivity index (χ2n) is 8.08. The summed E-state index contributed by atoms with van der Waals surface area (Å²) in [6.07, 6.45) is 6.28. The fourth-order valence-electron chi connectivity index (χ4n) is 5.19. The van der Waals surface area contributed by atoms with E-state index >= 15 is 0 Å². The summed E-state index contributed by atoms with van der Waals surface area (Å²) in [6, 6.07) is 7.36. The van der Waals surface area contributed by atoms with Crippen molar-refractivity contribution in [2.45, 2.75) is 38.1 Å². The zero-order valence-electron chi connectivity index (χ0n) is 15.5. The van der Waals surface area contributed by atoms with Crippen molar-refractivity contribution < 1.29 is 14.4 Å². The second kappa shape index (κ2) is 6.91. The van der Waals surface area contributed by atoms with Crippen LogP contribution in [0.25, 0.3) is 0 Å². The third kappa shape index (κ3) is 3.30. The number of nitrogens with one attached hydrogen (secondary N) is 1. The first kappa shape index (κ1) is 17.3. The van der Waals surface area contributed by atoms with E-state index in [2.05, 4.69) is 10.2 Å². The normalized spacial score (nSPS) is 29.4. The molecule has 1 aromatic rings. The van der Waals surface area contributed by atoms with Gasteiger partial charge in [0.15, 0.2) is 0 Å². The first-order valence-electron chi connectivity index (χ1n) is 9.53. The molecule has 5 rings (SSSR count). The molecule has 1 aromatic carbocycles. The molecular weight excluding hydrogens is 330 g/mol. The van der Waals surface area contributed by atoms with Crippen LogP contribution < -0.4 is 5.32 Å². The lowest BCUT2D eigenvalue weighted by molar-refractivity contribution is -0.0756. The summed E-state index contributed by atoms with van der Waals surface area (Å²) in [7, 11) is 3.02. The minimum atomic E-state index is -0.217. The number of amides is 3. The fraction of sp³-hybridized carbons (Fsp3) is 0.600. The van der Waals surface area contributed by atoms with Gasteiger partial charge < -0.3 is 10.2 Å². The summed E-state index contributed by atoms with van der Waals surface area (Å²) in [5, 5.41) is 4.20. The maximum absolute atomic E-state index is 12.9. The Kier molecular flexibility index (Phi) is 4.61. The first-order valence-corrected chi connectivity index (χ1v) is 9.53. The van der Waals surface area contributed by atoms with Crippen LogP contribution in [0.1, 0.15) is 42.5 Å². The van der Waals surface area contributed by atoms with Crippen LogP contribution in [0.5, 0.6) is 0 Å². The molecule has 1 N–H and O–H groups in total. The first-order chi connectivity index (χ1) is 12.5. The molecule has 0 spiro atoms. The van der Waals surface area contributed by atoms with Crippen molar-refractivity contribution in [3.8, 4) is 0 Å². The number of anilines is 1. The molecular formula is C20H27N3O3. The van der Waals surface area contributed by atoms with E-state index in [1.165, 1.54) is 31.4 Å². The van der Waals surface area contributed by atoms with Crippen LogP contribution in [-0.4, -0.2) is 48.6 Å². The van der Waals surface area contributed by atoms with Crippen LogP contribution in [-0.2, 0) is 4.84 Å². The lowest BCUT2D eigenvalue weighted by Gasteiger charge is -2.38. The standard InChI is InChI=1S/C20H27N3O3/c1-22(26-2)19(24)16-3-5-17(6-4-16)21-20(25)23-12-15-8-13-7-14(9-15)11-18(23)10-13/h3-6,13-15,18H,7-12H2,1-2H3,(H,21,25). The number of fused-ring (bicyclic) bond motifs is 1. The van der Waals surface area contributed by atoms with Gasteiger partial charge in [-0.15, -0.1) is 0 Å². The van der Waals surface area contributed by atoms with Crippen molar-refractivity contribution in [3.63, 3.8) is 0 Å². The van der Waals surface area contributed by atoms with Crippen molar-refractivity contribution in [1.82, 2.24) is 9.96 Å². The highest BCUT2D eigenvalue weighted by Crippen LogP contribution is 2.47. The number of rotatable bonds is 3. The van der Waals surface area contributed by atoms with Gasteiger partial charge in [0.05, 0.1) is 7.11 Å². The number of carbonyl (C=O) groups excluding carboxylic acids is 2. The van der Waals surface area contributed by atoms with Crippen LogP contribution in [0, 0.1) is 17.8 Å². The van der Waals surface area contributed by atoms with Crippen molar-refractivity contribution in [2.24, 2.45) is 17.8 Å². The molecule has 4 aliphatic rings. The van der Waals surface area contributed by atoms with Crippen molar-refractivity contribution in [3.05, 3.63) is 29.8 Å². The zero-order valence-corrected chi connectivity index (χ0v) is 15.5. The number of benzene rings is 1. The van der Waals surface area contributed by atoms with Crippen LogP contribution in [0.3, 0.4) is 0 Å². The van der Waals surface area contributed by atoms with Crippen molar-refractivity contribution in [1.29, 1.82) is 0 Å². The molecule has 140 valence electrons. The third-order valence-electron chi connectivity index (χ3n) is 6.31. The minimum Gasteiger partial charge on any atom is -0.321 e. The van der Waals surface area contributed by atoms with E-state index in [0.29, 0.717) is 17.5 Å². The van der Waals surface area contributed by atoms with Gasteiger partial charge in [0, 0.05) is 30.9 Å². The molecule has 4 bridgehead atoms. The summed E-state index contributed by atoms with van der Waals surface area (Å²) in [5.74, 6) is 2.09. The highest BCUT2D eigenvalue weighted by Gasteiger charge is 2.44.